The molecule has 2 heterocycles. The van der Waals surface area contributed by atoms with Crippen LogP contribution in [0.5, 0.6) is 0 Å². The van der Waals surface area contributed by atoms with Gasteiger partial charge in [-0.15, -0.1) is 0 Å². The highest BCUT2D eigenvalue weighted by Gasteiger charge is 2.34. The molecule has 0 saturated carbocycles. The smallest absolute Gasteiger partial charge is 0.384 e. The van der Waals surface area contributed by atoms with Crippen LogP contribution in [0.2, 0.25) is 0 Å². The molecule has 150 valence electrons. The predicted molar refractivity (Wildman–Crippen MR) is 104 cm³/mol. The summed E-state index contributed by atoms with van der Waals surface area (Å²) in [6, 6.07) is 3.15. The Hall–Kier alpha value is -2.86. The van der Waals surface area contributed by atoms with Crippen molar-refractivity contribution in [2.45, 2.75) is 25.9 Å². The first kappa shape index (κ1) is 21.4. The number of rotatable bonds is 7. The van der Waals surface area contributed by atoms with Gasteiger partial charge in [-0.25, -0.2) is 9.98 Å². The summed E-state index contributed by atoms with van der Waals surface area (Å²) >= 11 is 0. The molecule has 3 N–H and O–H groups in total. The lowest BCUT2D eigenvalue weighted by Gasteiger charge is -2.24. The van der Waals surface area contributed by atoms with E-state index in [-0.39, 0.29) is 23.0 Å². The third-order valence-electron chi connectivity index (χ3n) is 4.22. The molecule has 9 heteroatoms. The molecule has 0 radical (unpaired) electrons. The number of allylic oxidation sites excluding steroid dienone is 2. The van der Waals surface area contributed by atoms with Crippen LogP contribution >= 0.6 is 0 Å². The summed E-state index contributed by atoms with van der Waals surface area (Å²) in [5, 5.41) is 17.7. The number of piperidine rings is 1. The van der Waals surface area contributed by atoms with E-state index in [1.165, 1.54) is 12.3 Å². The molecule has 0 bridgehead atoms. The Morgan fingerprint density at radius 2 is 2.32 bits per heavy atom. The fourth-order valence-corrected chi connectivity index (χ4v) is 2.73. The zero-order chi connectivity index (χ0) is 20.6. The van der Waals surface area contributed by atoms with Gasteiger partial charge in [0, 0.05) is 25.0 Å². The zero-order valence-electron chi connectivity index (χ0n) is 15.6. The quantitative estimate of drug-likeness (QED) is 0.484. The van der Waals surface area contributed by atoms with E-state index in [0.29, 0.717) is 12.4 Å². The summed E-state index contributed by atoms with van der Waals surface area (Å²) in [5.74, 6) is 0.822. The maximum Gasteiger partial charge on any atom is 0.419 e. The lowest BCUT2D eigenvalue weighted by molar-refractivity contribution is -0.137. The van der Waals surface area contributed by atoms with Crippen molar-refractivity contribution in [3.05, 3.63) is 41.9 Å². The molecular weight excluding hydrogens is 369 g/mol. The van der Waals surface area contributed by atoms with Crippen LogP contribution in [0.25, 0.3) is 0 Å². The van der Waals surface area contributed by atoms with Crippen LogP contribution in [0.4, 0.5) is 24.7 Å². The third kappa shape index (κ3) is 6.39. The molecular formula is C19H23F3N6. The average molecular weight is 392 g/mol. The number of aromatic nitrogens is 1. The van der Waals surface area contributed by atoms with Crippen LogP contribution in [0.1, 0.15) is 25.3 Å². The topological polar surface area (TPSA) is 85.1 Å². The molecule has 1 aromatic rings. The molecule has 2 rings (SSSR count). The van der Waals surface area contributed by atoms with Gasteiger partial charge in [-0.05, 0) is 44.8 Å². The highest BCUT2D eigenvalue weighted by Crippen LogP contribution is 2.35. The summed E-state index contributed by atoms with van der Waals surface area (Å²) in [5.41, 5.74) is -0.688. The number of nitrogens with one attached hydrogen (secondary N) is 3. The molecule has 1 fully saturated rings. The molecule has 0 aromatic carbocycles. The number of pyridine rings is 1. The van der Waals surface area contributed by atoms with Crippen LogP contribution < -0.4 is 16.0 Å². The fraction of sp³-hybridized carbons (Fsp3) is 0.421. The number of halogens is 3. The van der Waals surface area contributed by atoms with Gasteiger partial charge in [0.1, 0.15) is 17.7 Å². The Morgan fingerprint density at radius 1 is 1.54 bits per heavy atom. The van der Waals surface area contributed by atoms with Gasteiger partial charge < -0.3 is 16.0 Å². The Balaban J connectivity index is 2.18. The predicted octanol–water partition coefficient (Wildman–Crippen LogP) is 3.94. The van der Waals surface area contributed by atoms with Gasteiger partial charge in [0.05, 0.1) is 16.8 Å². The maximum absolute atomic E-state index is 13.3. The normalized spacial score (nSPS) is 18.0. The van der Waals surface area contributed by atoms with E-state index in [1.807, 2.05) is 6.07 Å². The molecule has 0 aliphatic carbocycles. The molecule has 6 nitrogen and oxygen atoms in total. The maximum atomic E-state index is 13.3. The lowest BCUT2D eigenvalue weighted by Crippen LogP contribution is -2.33. The van der Waals surface area contributed by atoms with Gasteiger partial charge in [0.2, 0.25) is 0 Å². The van der Waals surface area contributed by atoms with E-state index in [9.17, 15) is 13.2 Å². The lowest BCUT2D eigenvalue weighted by atomic mass is 9.99. The number of anilines is 2. The Bertz CT molecular complexity index is 786. The van der Waals surface area contributed by atoms with E-state index in [1.54, 1.807) is 13.0 Å². The van der Waals surface area contributed by atoms with E-state index < -0.39 is 11.7 Å². The number of alkyl halides is 3. The van der Waals surface area contributed by atoms with Crippen LogP contribution in [-0.4, -0.2) is 30.8 Å². The van der Waals surface area contributed by atoms with Crippen LogP contribution in [-0.2, 0) is 6.18 Å². The minimum absolute atomic E-state index is 0.0311. The molecule has 1 atom stereocenters. The molecule has 1 aliphatic rings. The number of nitriles is 1. The Kier molecular flexibility index (Phi) is 7.58. The third-order valence-corrected chi connectivity index (χ3v) is 4.22. The van der Waals surface area contributed by atoms with Crippen molar-refractivity contribution in [3.8, 4) is 6.07 Å². The minimum Gasteiger partial charge on any atom is -0.384 e. The van der Waals surface area contributed by atoms with Crippen molar-refractivity contribution in [2.24, 2.45) is 10.9 Å². The average Bonchev–Trinajstić information content (AvgIpc) is 2.69. The second-order valence-corrected chi connectivity index (χ2v) is 6.40. The molecule has 28 heavy (non-hydrogen) atoms. The summed E-state index contributed by atoms with van der Waals surface area (Å²) < 4.78 is 40.0. The van der Waals surface area contributed by atoms with Crippen molar-refractivity contribution >= 4 is 17.7 Å². The summed E-state index contributed by atoms with van der Waals surface area (Å²) in [4.78, 5) is 7.89. The second-order valence-electron chi connectivity index (χ2n) is 6.40. The van der Waals surface area contributed by atoms with Gasteiger partial charge in [-0.1, -0.05) is 6.58 Å². The summed E-state index contributed by atoms with van der Waals surface area (Å²) in [7, 11) is 0. The van der Waals surface area contributed by atoms with Gasteiger partial charge in [0.25, 0.3) is 0 Å². The Morgan fingerprint density at radius 3 is 2.93 bits per heavy atom. The number of hydrogen-bond acceptors (Lipinski definition) is 6. The number of aliphatic imine (C=N–C) groups is 1. The first-order valence-corrected chi connectivity index (χ1v) is 8.91. The molecule has 1 unspecified atom stereocenters. The largest absolute Gasteiger partial charge is 0.419 e. The van der Waals surface area contributed by atoms with Gasteiger partial charge in [-0.2, -0.15) is 18.4 Å². The van der Waals surface area contributed by atoms with Crippen molar-refractivity contribution in [3.63, 3.8) is 0 Å². The van der Waals surface area contributed by atoms with Crippen LogP contribution in [0.3, 0.4) is 0 Å². The van der Waals surface area contributed by atoms with Crippen molar-refractivity contribution in [1.29, 1.82) is 5.26 Å². The molecule has 1 aliphatic heterocycles. The van der Waals surface area contributed by atoms with Gasteiger partial charge >= 0.3 is 6.18 Å². The SMILES string of the molecule is C=C(C#N)/C=N\C(=C/C)Nc1cc(NCC2CCCNC2)c(C(F)(F)F)cn1. The first-order valence-electron chi connectivity index (χ1n) is 8.91. The van der Waals surface area contributed by atoms with Gasteiger partial charge in [-0.3, -0.25) is 0 Å². The zero-order valence-corrected chi connectivity index (χ0v) is 15.6. The first-order chi connectivity index (χ1) is 13.3. The monoisotopic (exact) mass is 392 g/mol. The Labute approximate surface area is 162 Å². The molecule has 1 saturated heterocycles. The van der Waals surface area contributed by atoms with E-state index in [0.717, 1.165) is 32.1 Å². The number of nitrogens with zero attached hydrogens (tertiary/aromatic N) is 3. The molecule has 1 aromatic heterocycles. The van der Waals surface area contributed by atoms with Crippen molar-refractivity contribution in [2.75, 3.05) is 30.3 Å². The van der Waals surface area contributed by atoms with E-state index in [4.69, 9.17) is 5.26 Å². The van der Waals surface area contributed by atoms with Gasteiger partial charge in [0.15, 0.2) is 0 Å². The highest BCUT2D eigenvalue weighted by atomic mass is 19.4. The summed E-state index contributed by atoms with van der Waals surface area (Å²) in [6.45, 7) is 7.36. The van der Waals surface area contributed by atoms with Crippen LogP contribution in [0, 0.1) is 17.2 Å². The molecule has 0 amide bonds. The second kappa shape index (κ2) is 9.90. The standard InChI is InChI=1S/C19H23F3N6/c1-3-17(26-9-13(2)8-23)28-18-7-16(15(12-27-18)19(20,21)22)25-11-14-5-4-6-24-10-14/h3,7,9,12,14,24H,2,4-6,10-11H2,1H3,(H2,25,27,28)/b17-3+,26-9-. The van der Waals surface area contributed by atoms with E-state index >= 15 is 0 Å². The van der Waals surface area contributed by atoms with Crippen LogP contribution in [0.15, 0.2) is 41.3 Å². The van der Waals surface area contributed by atoms with Crippen molar-refractivity contribution in [1.82, 2.24) is 10.3 Å². The molecule has 0 spiro atoms. The van der Waals surface area contributed by atoms with E-state index in [2.05, 4.69) is 32.5 Å². The van der Waals surface area contributed by atoms with Crippen molar-refractivity contribution < 1.29 is 13.2 Å². The number of hydrogen-bond donors (Lipinski definition) is 3. The fourth-order valence-electron chi connectivity index (χ4n) is 2.73. The highest BCUT2D eigenvalue weighted by molar-refractivity contribution is 5.83. The minimum atomic E-state index is -4.51. The summed E-state index contributed by atoms with van der Waals surface area (Å²) in [6.07, 6.45) is 1.15.